The van der Waals surface area contributed by atoms with Gasteiger partial charge in [-0.25, -0.2) is 0 Å². The quantitative estimate of drug-likeness (QED) is 0.550. The van der Waals surface area contributed by atoms with Crippen LogP contribution in [-0.2, 0) is 9.53 Å². The number of likely N-dealkylation sites (tertiary alicyclic amines) is 1. The number of nitrogens with two attached hydrogens (primary N) is 2. The van der Waals surface area contributed by atoms with Crippen LogP contribution in [0.1, 0.15) is 6.42 Å². The van der Waals surface area contributed by atoms with Crippen LogP contribution >= 0.6 is 0 Å². The Balaban J connectivity index is 2.45. The molecule has 0 aromatic heterocycles. The summed E-state index contributed by atoms with van der Waals surface area (Å²) in [5.74, 6) is -0.263. The Morgan fingerprint density at radius 2 is 2.46 bits per heavy atom. The monoisotopic (exact) mass is 187 g/mol. The molecule has 0 bridgehead atoms. The zero-order chi connectivity index (χ0) is 9.84. The molecule has 1 saturated heterocycles. The lowest BCUT2D eigenvalue weighted by Crippen LogP contribution is -2.61. The molecule has 1 fully saturated rings. The first kappa shape index (κ1) is 10.4. The average molecular weight is 187 g/mol. The molecular formula is C8H17N3O2. The van der Waals surface area contributed by atoms with Gasteiger partial charge in [-0.3, -0.25) is 9.69 Å². The minimum Gasteiger partial charge on any atom is -0.383 e. The van der Waals surface area contributed by atoms with Gasteiger partial charge >= 0.3 is 0 Å². The van der Waals surface area contributed by atoms with Crippen molar-refractivity contribution in [3.63, 3.8) is 0 Å². The van der Waals surface area contributed by atoms with E-state index in [0.29, 0.717) is 13.2 Å². The Morgan fingerprint density at radius 1 is 1.77 bits per heavy atom. The highest BCUT2D eigenvalue weighted by atomic mass is 16.5. The van der Waals surface area contributed by atoms with Gasteiger partial charge in [-0.05, 0) is 6.42 Å². The first-order valence-corrected chi connectivity index (χ1v) is 4.44. The summed E-state index contributed by atoms with van der Waals surface area (Å²) in [7, 11) is 1.63. The fourth-order valence-corrected chi connectivity index (χ4v) is 1.64. The number of carbonyl (C=O) groups excluding carboxylic acids is 1. The van der Waals surface area contributed by atoms with Crippen molar-refractivity contribution < 1.29 is 9.53 Å². The molecular weight excluding hydrogens is 170 g/mol. The largest absolute Gasteiger partial charge is 0.383 e. The lowest BCUT2D eigenvalue weighted by Gasteiger charge is -2.43. The Labute approximate surface area is 78.0 Å². The average Bonchev–Trinajstić information content (AvgIpc) is 2.00. The third-order valence-electron chi connectivity index (χ3n) is 2.49. The summed E-state index contributed by atoms with van der Waals surface area (Å²) in [6.45, 7) is 1.94. The number of nitrogens with zero attached hydrogens (tertiary/aromatic N) is 1. The predicted molar refractivity (Wildman–Crippen MR) is 49.0 cm³/mol. The van der Waals surface area contributed by atoms with Crippen LogP contribution in [0.4, 0.5) is 0 Å². The van der Waals surface area contributed by atoms with Crippen LogP contribution in [0.25, 0.3) is 0 Å². The molecule has 2 atom stereocenters. The van der Waals surface area contributed by atoms with Gasteiger partial charge in [0.05, 0.1) is 12.6 Å². The molecule has 0 aromatic rings. The molecule has 1 amide bonds. The third-order valence-corrected chi connectivity index (χ3v) is 2.49. The van der Waals surface area contributed by atoms with Crippen molar-refractivity contribution in [2.24, 2.45) is 11.5 Å². The number of hydrogen-bond acceptors (Lipinski definition) is 4. The third kappa shape index (κ3) is 2.18. The highest BCUT2D eigenvalue weighted by Crippen LogP contribution is 2.19. The van der Waals surface area contributed by atoms with Crippen molar-refractivity contribution in [3.8, 4) is 0 Å². The summed E-state index contributed by atoms with van der Waals surface area (Å²) in [6.07, 6.45) is 0.843. The van der Waals surface area contributed by atoms with Crippen molar-refractivity contribution in [2.75, 3.05) is 26.8 Å². The van der Waals surface area contributed by atoms with E-state index in [1.165, 1.54) is 0 Å². The van der Waals surface area contributed by atoms with Gasteiger partial charge in [0, 0.05) is 26.2 Å². The Kier molecular flexibility index (Phi) is 3.65. The maximum Gasteiger partial charge on any atom is 0.234 e. The molecule has 1 aliphatic rings. The molecule has 0 saturated carbocycles. The van der Waals surface area contributed by atoms with Crippen LogP contribution in [0.2, 0.25) is 0 Å². The van der Waals surface area contributed by atoms with Crippen molar-refractivity contribution in [1.82, 2.24) is 4.90 Å². The minimum atomic E-state index is -0.263. The van der Waals surface area contributed by atoms with E-state index < -0.39 is 0 Å². The predicted octanol–water partition coefficient (Wildman–Crippen LogP) is -1.48. The van der Waals surface area contributed by atoms with Crippen LogP contribution in [0.3, 0.4) is 0 Å². The van der Waals surface area contributed by atoms with Crippen LogP contribution in [0.5, 0.6) is 0 Å². The number of rotatable bonds is 5. The molecule has 0 radical (unpaired) electrons. The minimum absolute atomic E-state index is 0.122. The number of amides is 1. The van der Waals surface area contributed by atoms with Gasteiger partial charge in [0.2, 0.25) is 5.91 Å². The molecule has 5 heteroatoms. The van der Waals surface area contributed by atoms with Crippen LogP contribution < -0.4 is 11.5 Å². The summed E-state index contributed by atoms with van der Waals surface area (Å²) in [5, 5.41) is 0. The first-order valence-electron chi connectivity index (χ1n) is 4.44. The van der Waals surface area contributed by atoms with Crippen molar-refractivity contribution in [1.29, 1.82) is 0 Å². The second-order valence-corrected chi connectivity index (χ2v) is 3.29. The molecule has 0 spiro atoms. The summed E-state index contributed by atoms with van der Waals surface area (Å²) in [5.41, 5.74) is 10.8. The molecule has 1 rings (SSSR count). The highest BCUT2D eigenvalue weighted by molar-refractivity contribution is 5.80. The van der Waals surface area contributed by atoms with E-state index in [0.717, 1.165) is 13.0 Å². The second kappa shape index (κ2) is 4.55. The van der Waals surface area contributed by atoms with Gasteiger partial charge < -0.3 is 16.2 Å². The van der Waals surface area contributed by atoms with Crippen molar-refractivity contribution in [2.45, 2.75) is 18.5 Å². The van der Waals surface area contributed by atoms with Gasteiger partial charge in [-0.2, -0.15) is 0 Å². The number of methoxy groups -OCH3 is 1. The summed E-state index contributed by atoms with van der Waals surface area (Å²) < 4.78 is 5.01. The molecule has 76 valence electrons. The topological polar surface area (TPSA) is 81.6 Å². The fraction of sp³-hybridized carbons (Fsp3) is 0.875. The summed E-state index contributed by atoms with van der Waals surface area (Å²) >= 11 is 0. The highest BCUT2D eigenvalue weighted by Gasteiger charge is 2.36. The maximum atomic E-state index is 10.9. The fourth-order valence-electron chi connectivity index (χ4n) is 1.64. The van der Waals surface area contributed by atoms with E-state index in [4.69, 9.17) is 16.2 Å². The zero-order valence-corrected chi connectivity index (χ0v) is 7.90. The Morgan fingerprint density at radius 3 is 2.77 bits per heavy atom. The zero-order valence-electron chi connectivity index (χ0n) is 7.90. The molecule has 2 unspecified atom stereocenters. The Hall–Kier alpha value is -0.650. The van der Waals surface area contributed by atoms with E-state index in [1.54, 1.807) is 7.11 Å². The molecule has 13 heavy (non-hydrogen) atoms. The summed E-state index contributed by atoms with van der Waals surface area (Å²) in [6, 6.07) is -0.0139. The summed E-state index contributed by atoms with van der Waals surface area (Å²) in [4.78, 5) is 12.9. The maximum absolute atomic E-state index is 10.9. The van der Waals surface area contributed by atoms with E-state index in [9.17, 15) is 4.79 Å². The lowest BCUT2D eigenvalue weighted by molar-refractivity contribution is -0.130. The standard InChI is InChI=1S/C8H17N3O2/c1-13-5-6(4-9)11-3-2-7(11)8(10)12/h6-7H,2-5,9H2,1H3,(H2,10,12). The van der Waals surface area contributed by atoms with E-state index in [1.807, 2.05) is 4.90 Å². The number of hydrogen-bond donors (Lipinski definition) is 2. The van der Waals surface area contributed by atoms with E-state index >= 15 is 0 Å². The Bertz CT molecular complexity index is 186. The van der Waals surface area contributed by atoms with Gasteiger partial charge in [0.15, 0.2) is 0 Å². The van der Waals surface area contributed by atoms with Gasteiger partial charge in [-0.1, -0.05) is 0 Å². The molecule has 4 N–H and O–H groups in total. The number of primary amides is 1. The first-order chi connectivity index (χ1) is 6.20. The van der Waals surface area contributed by atoms with E-state index in [2.05, 4.69) is 0 Å². The van der Waals surface area contributed by atoms with Crippen LogP contribution in [0.15, 0.2) is 0 Å². The van der Waals surface area contributed by atoms with Gasteiger partial charge in [-0.15, -0.1) is 0 Å². The molecule has 0 aromatic carbocycles. The second-order valence-electron chi connectivity index (χ2n) is 3.29. The van der Waals surface area contributed by atoms with Crippen molar-refractivity contribution in [3.05, 3.63) is 0 Å². The normalized spacial score (nSPS) is 25.2. The van der Waals surface area contributed by atoms with Gasteiger partial charge in [0.1, 0.15) is 0 Å². The van der Waals surface area contributed by atoms with Crippen LogP contribution in [0, 0.1) is 0 Å². The lowest BCUT2D eigenvalue weighted by atomic mass is 9.99. The number of ether oxygens (including phenoxy) is 1. The molecule has 0 aliphatic carbocycles. The molecule has 5 nitrogen and oxygen atoms in total. The van der Waals surface area contributed by atoms with Crippen LogP contribution in [-0.4, -0.2) is 49.7 Å². The van der Waals surface area contributed by atoms with E-state index in [-0.39, 0.29) is 18.0 Å². The SMILES string of the molecule is COCC(CN)N1CCC1C(N)=O. The number of carbonyl (C=O) groups is 1. The van der Waals surface area contributed by atoms with Crippen molar-refractivity contribution >= 4 is 5.91 Å². The molecule has 1 heterocycles. The molecule has 1 aliphatic heterocycles. The smallest absolute Gasteiger partial charge is 0.234 e. The van der Waals surface area contributed by atoms with Gasteiger partial charge in [0.25, 0.3) is 0 Å².